The molecule has 2 aromatic rings. The van der Waals surface area contributed by atoms with Crippen molar-refractivity contribution < 1.29 is 17.6 Å². The number of nitrogens with one attached hydrogen (secondary N) is 1. The minimum atomic E-state index is -4.51. The summed E-state index contributed by atoms with van der Waals surface area (Å²) < 4.78 is 51.6. The molecule has 1 aromatic heterocycles. The summed E-state index contributed by atoms with van der Waals surface area (Å²) in [6.45, 7) is 0.0713. The Bertz CT molecular complexity index is 577. The van der Waals surface area contributed by atoms with E-state index in [0.29, 0.717) is 5.56 Å². The second-order valence-electron chi connectivity index (χ2n) is 3.83. The Hall–Kier alpha value is -1.47. The summed E-state index contributed by atoms with van der Waals surface area (Å²) in [4.78, 5) is 3.69. The van der Waals surface area contributed by atoms with Crippen LogP contribution in [0.1, 0.15) is 10.6 Å². The summed E-state index contributed by atoms with van der Waals surface area (Å²) in [6.07, 6.45) is -4.51. The van der Waals surface area contributed by atoms with Crippen molar-refractivity contribution in [3.05, 3.63) is 40.7 Å². The van der Waals surface area contributed by atoms with Crippen LogP contribution in [0, 0.1) is 5.82 Å². The molecule has 0 saturated carbocycles. The number of hydrogen-bond donors (Lipinski definition) is 1. The van der Waals surface area contributed by atoms with E-state index in [1.165, 1.54) is 24.3 Å². The first-order chi connectivity index (χ1) is 8.91. The van der Waals surface area contributed by atoms with Crippen LogP contribution in [0.2, 0.25) is 0 Å². The maximum atomic E-state index is 13.1. The highest BCUT2D eigenvalue weighted by Gasteiger charge is 2.37. The van der Waals surface area contributed by atoms with Crippen molar-refractivity contribution in [2.75, 3.05) is 7.05 Å². The van der Waals surface area contributed by atoms with Crippen molar-refractivity contribution in [1.82, 2.24) is 10.3 Å². The average Bonchev–Trinajstić information content (AvgIpc) is 2.73. The van der Waals surface area contributed by atoms with Gasteiger partial charge in [0.25, 0.3) is 0 Å². The SMILES string of the molecule is CNCc1sc(-c2cccc(F)c2)nc1C(F)(F)F. The van der Waals surface area contributed by atoms with E-state index < -0.39 is 17.7 Å². The molecule has 0 radical (unpaired) electrons. The Balaban J connectivity index is 2.48. The van der Waals surface area contributed by atoms with Crippen LogP contribution in [0.15, 0.2) is 24.3 Å². The van der Waals surface area contributed by atoms with Crippen LogP contribution >= 0.6 is 11.3 Å². The van der Waals surface area contributed by atoms with Gasteiger partial charge in [0.05, 0.1) is 4.88 Å². The Morgan fingerprint density at radius 2 is 2.05 bits per heavy atom. The van der Waals surface area contributed by atoms with E-state index in [0.717, 1.165) is 11.3 Å². The highest BCUT2D eigenvalue weighted by molar-refractivity contribution is 7.15. The van der Waals surface area contributed by atoms with Gasteiger partial charge in [0, 0.05) is 12.1 Å². The van der Waals surface area contributed by atoms with E-state index in [1.54, 1.807) is 7.05 Å². The van der Waals surface area contributed by atoms with E-state index in [9.17, 15) is 17.6 Å². The lowest BCUT2D eigenvalue weighted by Crippen LogP contribution is -2.12. The molecule has 102 valence electrons. The van der Waals surface area contributed by atoms with Gasteiger partial charge in [-0.25, -0.2) is 9.37 Å². The minimum absolute atomic E-state index is 0.0713. The van der Waals surface area contributed by atoms with Crippen LogP contribution in [0.4, 0.5) is 17.6 Å². The molecule has 2 rings (SSSR count). The van der Waals surface area contributed by atoms with Crippen LogP contribution in [0.5, 0.6) is 0 Å². The topological polar surface area (TPSA) is 24.9 Å². The van der Waals surface area contributed by atoms with Crippen molar-refractivity contribution >= 4 is 11.3 Å². The third-order valence-corrected chi connectivity index (χ3v) is 3.48. The first kappa shape index (κ1) is 14.0. The number of thiazole rings is 1. The second-order valence-corrected chi connectivity index (χ2v) is 4.91. The van der Waals surface area contributed by atoms with Gasteiger partial charge >= 0.3 is 6.18 Å². The Morgan fingerprint density at radius 1 is 1.32 bits per heavy atom. The highest BCUT2D eigenvalue weighted by Crippen LogP contribution is 2.37. The van der Waals surface area contributed by atoms with E-state index >= 15 is 0 Å². The molecule has 1 aromatic carbocycles. The number of aromatic nitrogens is 1. The summed E-state index contributed by atoms with van der Waals surface area (Å²) in [5, 5.41) is 2.83. The van der Waals surface area contributed by atoms with E-state index in [4.69, 9.17) is 0 Å². The zero-order chi connectivity index (χ0) is 14.0. The molecule has 0 spiro atoms. The standard InChI is InChI=1S/C12H10F4N2S/c1-17-6-9-10(12(14,15)16)18-11(19-9)7-3-2-4-8(13)5-7/h2-5,17H,6H2,1H3. The zero-order valence-electron chi connectivity index (χ0n) is 9.88. The zero-order valence-corrected chi connectivity index (χ0v) is 10.7. The van der Waals surface area contributed by atoms with Gasteiger partial charge in [-0.05, 0) is 19.2 Å². The molecular formula is C12H10F4N2S. The predicted octanol–water partition coefficient (Wildman–Crippen LogP) is 3.69. The van der Waals surface area contributed by atoms with Crippen LogP contribution in [-0.2, 0) is 12.7 Å². The van der Waals surface area contributed by atoms with Crippen molar-refractivity contribution in [3.8, 4) is 10.6 Å². The van der Waals surface area contributed by atoms with Crippen LogP contribution in [0.25, 0.3) is 10.6 Å². The van der Waals surface area contributed by atoms with Crippen LogP contribution in [-0.4, -0.2) is 12.0 Å². The van der Waals surface area contributed by atoms with Crippen molar-refractivity contribution in [3.63, 3.8) is 0 Å². The highest BCUT2D eigenvalue weighted by atomic mass is 32.1. The molecule has 19 heavy (non-hydrogen) atoms. The minimum Gasteiger partial charge on any atom is -0.315 e. The van der Waals surface area contributed by atoms with Gasteiger partial charge in [-0.3, -0.25) is 0 Å². The summed E-state index contributed by atoms with van der Waals surface area (Å²) in [7, 11) is 1.56. The lowest BCUT2D eigenvalue weighted by molar-refractivity contribution is -0.141. The molecule has 0 amide bonds. The fraction of sp³-hybridized carbons (Fsp3) is 0.250. The maximum Gasteiger partial charge on any atom is 0.434 e. The second kappa shape index (κ2) is 5.26. The third-order valence-electron chi connectivity index (χ3n) is 2.37. The maximum absolute atomic E-state index is 13.1. The lowest BCUT2D eigenvalue weighted by Gasteiger charge is -2.04. The third kappa shape index (κ3) is 3.10. The van der Waals surface area contributed by atoms with Gasteiger partial charge in [-0.1, -0.05) is 12.1 Å². The van der Waals surface area contributed by atoms with Gasteiger partial charge < -0.3 is 5.32 Å². The number of rotatable bonds is 3. The first-order valence-corrected chi connectivity index (χ1v) is 6.21. The monoisotopic (exact) mass is 290 g/mol. The van der Waals surface area contributed by atoms with Gasteiger partial charge in [-0.15, -0.1) is 11.3 Å². The molecular weight excluding hydrogens is 280 g/mol. The van der Waals surface area contributed by atoms with Crippen molar-refractivity contribution in [2.45, 2.75) is 12.7 Å². The number of halogens is 4. The van der Waals surface area contributed by atoms with Crippen LogP contribution < -0.4 is 5.32 Å². The molecule has 0 aliphatic rings. The molecule has 1 heterocycles. The normalized spacial score (nSPS) is 11.8. The molecule has 0 fully saturated rings. The van der Waals surface area contributed by atoms with Gasteiger partial charge in [-0.2, -0.15) is 13.2 Å². The van der Waals surface area contributed by atoms with Gasteiger partial charge in [0.15, 0.2) is 5.69 Å². The fourth-order valence-electron chi connectivity index (χ4n) is 1.60. The summed E-state index contributed by atoms with van der Waals surface area (Å²) in [5.41, 5.74) is -0.566. The molecule has 0 unspecified atom stereocenters. The molecule has 2 nitrogen and oxygen atoms in total. The molecule has 0 saturated heterocycles. The number of alkyl halides is 3. The summed E-state index contributed by atoms with van der Waals surface area (Å²) in [5.74, 6) is -0.503. The Labute approximate surface area is 111 Å². The average molecular weight is 290 g/mol. The summed E-state index contributed by atoms with van der Waals surface area (Å²) in [6, 6.07) is 5.38. The van der Waals surface area contributed by atoms with E-state index in [-0.39, 0.29) is 16.4 Å². The van der Waals surface area contributed by atoms with Gasteiger partial charge in [0.2, 0.25) is 0 Å². The van der Waals surface area contributed by atoms with E-state index in [1.807, 2.05) is 0 Å². The molecule has 7 heteroatoms. The molecule has 0 aliphatic carbocycles. The number of nitrogens with zero attached hydrogens (tertiary/aromatic N) is 1. The number of benzene rings is 1. The smallest absolute Gasteiger partial charge is 0.315 e. The largest absolute Gasteiger partial charge is 0.434 e. The predicted molar refractivity (Wildman–Crippen MR) is 65.3 cm³/mol. The number of hydrogen-bond acceptors (Lipinski definition) is 3. The van der Waals surface area contributed by atoms with Crippen molar-refractivity contribution in [2.24, 2.45) is 0 Å². The molecule has 0 atom stereocenters. The molecule has 1 N–H and O–H groups in total. The molecule has 0 bridgehead atoms. The Morgan fingerprint density at radius 3 is 2.63 bits per heavy atom. The first-order valence-electron chi connectivity index (χ1n) is 5.39. The van der Waals surface area contributed by atoms with Crippen LogP contribution in [0.3, 0.4) is 0 Å². The lowest BCUT2D eigenvalue weighted by atomic mass is 10.2. The van der Waals surface area contributed by atoms with Gasteiger partial charge in [0.1, 0.15) is 10.8 Å². The van der Waals surface area contributed by atoms with Crippen molar-refractivity contribution in [1.29, 1.82) is 0 Å². The summed E-state index contributed by atoms with van der Waals surface area (Å²) >= 11 is 0.912. The quantitative estimate of drug-likeness (QED) is 0.872. The van der Waals surface area contributed by atoms with E-state index in [2.05, 4.69) is 10.3 Å². The molecule has 0 aliphatic heterocycles. The fourth-order valence-corrected chi connectivity index (χ4v) is 2.69. The Kier molecular flexibility index (Phi) is 3.86.